The number of hydrogen-bond acceptors (Lipinski definition) is 7. The minimum Gasteiger partial charge on any atom is -0.467 e. The molecule has 0 bridgehead atoms. The van der Waals surface area contributed by atoms with Gasteiger partial charge in [0.05, 0.1) is 12.4 Å². The lowest BCUT2D eigenvalue weighted by molar-refractivity contribution is -0.145. The topological polar surface area (TPSA) is 127 Å². The number of aromatic amines is 1. The van der Waals surface area contributed by atoms with Crippen molar-refractivity contribution in [3.05, 3.63) is 52.3 Å². The maximum absolute atomic E-state index is 12.7. The van der Waals surface area contributed by atoms with Crippen LogP contribution in [0.3, 0.4) is 0 Å². The highest BCUT2D eigenvalue weighted by molar-refractivity contribution is 8.00. The summed E-state index contributed by atoms with van der Waals surface area (Å²) in [6.45, 7) is 1.82. The predicted molar refractivity (Wildman–Crippen MR) is 98.5 cm³/mol. The van der Waals surface area contributed by atoms with Crippen molar-refractivity contribution in [2.24, 2.45) is 0 Å². The molecule has 4 N–H and O–H groups in total. The van der Waals surface area contributed by atoms with Gasteiger partial charge in [-0.1, -0.05) is 49.0 Å². The van der Waals surface area contributed by atoms with E-state index in [0.717, 1.165) is 17.8 Å². The van der Waals surface area contributed by atoms with Gasteiger partial charge in [-0.3, -0.25) is 9.59 Å². The van der Waals surface area contributed by atoms with E-state index in [2.05, 4.69) is 15.3 Å². The summed E-state index contributed by atoms with van der Waals surface area (Å²) in [5, 5.41) is 2.37. The molecule has 2 aromatic rings. The monoisotopic (exact) mass is 376 g/mol. The van der Waals surface area contributed by atoms with Crippen molar-refractivity contribution in [2.75, 3.05) is 12.8 Å². The van der Waals surface area contributed by atoms with E-state index in [1.807, 2.05) is 13.0 Å². The molecule has 1 amide bonds. The van der Waals surface area contributed by atoms with E-state index in [0.29, 0.717) is 12.0 Å². The standard InChI is InChI=1S/C17H20N4O4S/c1-3-11(26-17-19-12(18)9-13(22)20-17)15(23)21-14(16(24)25-2)10-7-5-4-6-8-10/h4-9,11,14H,3H2,1-2H3,(H,21,23)(H3,18,19,20,22)/t11-,14-/m1/s1. The number of nitrogens with zero attached hydrogens (tertiary/aromatic N) is 1. The lowest BCUT2D eigenvalue weighted by Crippen LogP contribution is -2.39. The maximum atomic E-state index is 12.7. The van der Waals surface area contributed by atoms with Crippen molar-refractivity contribution in [1.29, 1.82) is 0 Å². The van der Waals surface area contributed by atoms with Crippen LogP contribution in [0.15, 0.2) is 46.3 Å². The van der Waals surface area contributed by atoms with Crippen LogP contribution in [0.2, 0.25) is 0 Å². The molecule has 0 radical (unpaired) electrons. The zero-order valence-corrected chi connectivity index (χ0v) is 15.2. The first-order valence-corrected chi connectivity index (χ1v) is 8.79. The molecule has 0 unspecified atom stereocenters. The number of benzene rings is 1. The van der Waals surface area contributed by atoms with Gasteiger partial charge < -0.3 is 20.8 Å². The average Bonchev–Trinajstić information content (AvgIpc) is 2.63. The highest BCUT2D eigenvalue weighted by Gasteiger charge is 2.27. The molecule has 0 fully saturated rings. The summed E-state index contributed by atoms with van der Waals surface area (Å²) in [5.74, 6) is -0.870. The van der Waals surface area contributed by atoms with Crippen LogP contribution in [0.5, 0.6) is 0 Å². The fourth-order valence-electron chi connectivity index (χ4n) is 2.24. The number of H-pyrrole nitrogens is 1. The number of thioether (sulfide) groups is 1. The van der Waals surface area contributed by atoms with Gasteiger partial charge in [-0.2, -0.15) is 0 Å². The van der Waals surface area contributed by atoms with Crippen LogP contribution in [0.1, 0.15) is 24.9 Å². The van der Waals surface area contributed by atoms with Crippen molar-refractivity contribution in [2.45, 2.75) is 29.8 Å². The number of carbonyl (C=O) groups is 2. The number of amides is 1. The molecule has 0 spiro atoms. The zero-order chi connectivity index (χ0) is 19.1. The van der Waals surface area contributed by atoms with Crippen LogP contribution < -0.4 is 16.6 Å². The zero-order valence-electron chi connectivity index (χ0n) is 14.4. The number of ether oxygens (including phenoxy) is 1. The van der Waals surface area contributed by atoms with Crippen LogP contribution >= 0.6 is 11.8 Å². The highest BCUT2D eigenvalue weighted by atomic mass is 32.2. The molecule has 1 heterocycles. The molecule has 26 heavy (non-hydrogen) atoms. The minimum absolute atomic E-state index is 0.0724. The summed E-state index contributed by atoms with van der Waals surface area (Å²) in [6.07, 6.45) is 0.456. The Bertz CT molecular complexity index is 825. The lowest BCUT2D eigenvalue weighted by Gasteiger charge is -2.20. The predicted octanol–water partition coefficient (Wildman–Crippen LogP) is 1.25. The number of esters is 1. The molecule has 0 aliphatic carbocycles. The molecule has 138 valence electrons. The van der Waals surface area contributed by atoms with Gasteiger partial charge in [0, 0.05) is 6.07 Å². The Morgan fingerprint density at radius 1 is 1.35 bits per heavy atom. The molecule has 1 aromatic carbocycles. The third-order valence-corrected chi connectivity index (χ3v) is 4.76. The molecule has 0 aliphatic heterocycles. The number of aromatic nitrogens is 2. The number of methoxy groups -OCH3 is 1. The number of nitrogens with two attached hydrogens (primary N) is 1. The third-order valence-electron chi connectivity index (χ3n) is 3.51. The summed E-state index contributed by atoms with van der Waals surface area (Å²) >= 11 is 1.07. The largest absolute Gasteiger partial charge is 0.467 e. The van der Waals surface area contributed by atoms with Crippen LogP contribution in [0, 0.1) is 0 Å². The maximum Gasteiger partial charge on any atom is 0.333 e. The SMILES string of the molecule is CC[C@@H](Sc1nc(N)cc(=O)[nH]1)C(=O)N[C@@H](C(=O)OC)c1ccccc1. The van der Waals surface area contributed by atoms with Gasteiger partial charge in [0.2, 0.25) is 5.91 Å². The number of anilines is 1. The van der Waals surface area contributed by atoms with E-state index in [1.54, 1.807) is 24.3 Å². The van der Waals surface area contributed by atoms with Crippen LogP contribution in [-0.2, 0) is 14.3 Å². The number of carbonyl (C=O) groups excluding carboxylic acids is 2. The number of nitrogens with one attached hydrogen (secondary N) is 2. The average molecular weight is 376 g/mol. The van der Waals surface area contributed by atoms with Crippen LogP contribution in [0.25, 0.3) is 0 Å². The van der Waals surface area contributed by atoms with Crippen LogP contribution in [-0.4, -0.2) is 34.2 Å². The second-order valence-electron chi connectivity index (χ2n) is 5.37. The van der Waals surface area contributed by atoms with Crippen LogP contribution in [0.4, 0.5) is 5.82 Å². The number of hydrogen-bond donors (Lipinski definition) is 3. The summed E-state index contributed by atoms with van der Waals surface area (Å²) < 4.78 is 4.79. The Morgan fingerprint density at radius 2 is 2.04 bits per heavy atom. The first kappa shape index (κ1) is 19.5. The lowest BCUT2D eigenvalue weighted by atomic mass is 10.1. The fraction of sp³-hybridized carbons (Fsp3) is 0.294. The molecule has 1 aromatic heterocycles. The molecule has 2 rings (SSSR count). The quantitative estimate of drug-likeness (QED) is 0.377. The first-order valence-electron chi connectivity index (χ1n) is 7.91. The molecule has 2 atom stereocenters. The molecule has 8 nitrogen and oxygen atoms in total. The molecule has 9 heteroatoms. The van der Waals surface area contributed by atoms with Gasteiger partial charge in [-0.05, 0) is 12.0 Å². The third kappa shape index (κ3) is 5.09. The van der Waals surface area contributed by atoms with Gasteiger partial charge in [0.25, 0.3) is 5.56 Å². The molecular weight excluding hydrogens is 356 g/mol. The molecule has 0 saturated carbocycles. The van der Waals surface area contributed by atoms with E-state index < -0.39 is 22.8 Å². The summed E-state index contributed by atoms with van der Waals surface area (Å²) in [6, 6.07) is 9.05. The fourth-order valence-corrected chi connectivity index (χ4v) is 3.17. The van der Waals surface area contributed by atoms with Crippen molar-refractivity contribution in [3.8, 4) is 0 Å². The molecular formula is C17H20N4O4S. The second kappa shape index (κ2) is 9.04. The van der Waals surface area contributed by atoms with Crippen molar-refractivity contribution < 1.29 is 14.3 Å². The number of nitrogen functional groups attached to an aromatic ring is 1. The highest BCUT2D eigenvalue weighted by Crippen LogP contribution is 2.23. The van der Waals surface area contributed by atoms with Crippen molar-refractivity contribution in [1.82, 2.24) is 15.3 Å². The smallest absolute Gasteiger partial charge is 0.333 e. The van der Waals surface area contributed by atoms with Crippen molar-refractivity contribution in [3.63, 3.8) is 0 Å². The summed E-state index contributed by atoms with van der Waals surface area (Å²) in [7, 11) is 1.26. The van der Waals surface area contributed by atoms with E-state index in [1.165, 1.54) is 7.11 Å². The van der Waals surface area contributed by atoms with Gasteiger partial charge in [-0.25, -0.2) is 9.78 Å². The van der Waals surface area contributed by atoms with E-state index in [4.69, 9.17) is 10.5 Å². The van der Waals surface area contributed by atoms with Gasteiger partial charge in [0.1, 0.15) is 5.82 Å². The summed E-state index contributed by atoms with van der Waals surface area (Å²) in [5.41, 5.74) is 5.78. The Hall–Kier alpha value is -2.81. The van der Waals surface area contributed by atoms with Crippen molar-refractivity contribution >= 4 is 29.5 Å². The van der Waals surface area contributed by atoms with Gasteiger partial charge in [-0.15, -0.1) is 0 Å². The Kier molecular flexibility index (Phi) is 6.79. The van der Waals surface area contributed by atoms with E-state index in [-0.39, 0.29) is 16.9 Å². The summed E-state index contributed by atoms with van der Waals surface area (Å²) in [4.78, 5) is 42.8. The second-order valence-corrected chi connectivity index (χ2v) is 6.56. The first-order chi connectivity index (χ1) is 12.4. The van der Waals surface area contributed by atoms with E-state index >= 15 is 0 Å². The Balaban J connectivity index is 2.17. The Morgan fingerprint density at radius 3 is 2.62 bits per heavy atom. The van der Waals surface area contributed by atoms with E-state index in [9.17, 15) is 14.4 Å². The number of rotatable bonds is 7. The van der Waals surface area contributed by atoms with Gasteiger partial charge in [0.15, 0.2) is 11.2 Å². The molecule has 0 aliphatic rings. The van der Waals surface area contributed by atoms with Gasteiger partial charge >= 0.3 is 5.97 Å². The molecule has 0 saturated heterocycles. The minimum atomic E-state index is -0.920. The normalized spacial score (nSPS) is 12.8. The Labute approximate surface area is 154 Å².